The molecule has 0 aliphatic rings. The first-order valence-corrected chi connectivity index (χ1v) is 5.66. The second-order valence-corrected chi connectivity index (χ2v) is 3.72. The summed E-state index contributed by atoms with van der Waals surface area (Å²) in [6.45, 7) is 12.0. The molecule has 0 radical (unpaired) electrons. The first-order valence-electron chi connectivity index (χ1n) is 5.66. The Hall–Kier alpha value is -2.02. The average Bonchev–Trinajstić information content (AvgIpc) is 2.33. The summed E-state index contributed by atoms with van der Waals surface area (Å²) in [6, 6.07) is 8.18. The van der Waals surface area contributed by atoms with Gasteiger partial charge in [0, 0.05) is 17.6 Å². The first kappa shape index (κ1) is 13.0. The summed E-state index contributed by atoms with van der Waals surface area (Å²) < 4.78 is 0. The van der Waals surface area contributed by atoms with Gasteiger partial charge in [-0.1, -0.05) is 49.6 Å². The molecule has 17 heavy (non-hydrogen) atoms. The van der Waals surface area contributed by atoms with E-state index in [2.05, 4.69) is 32.2 Å². The van der Waals surface area contributed by atoms with Crippen LogP contribution in [0.1, 0.15) is 12.5 Å². The molecular weight excluding hydrogens is 206 g/mol. The zero-order chi connectivity index (χ0) is 12.7. The molecular formula is C16H19N. The predicted octanol–water partition coefficient (Wildman–Crippen LogP) is 4.59. The van der Waals surface area contributed by atoms with Crippen molar-refractivity contribution in [3.8, 4) is 0 Å². The van der Waals surface area contributed by atoms with Gasteiger partial charge in [0.2, 0.25) is 0 Å². The van der Waals surface area contributed by atoms with Crippen LogP contribution >= 0.6 is 0 Å². The standard InChI is InChI=1S/C16H19N/c1-5-7-8-12-15(4)17(6-2)16-13-10-9-11-14(16)3/h5-13H,2,4H2,1,3H3/b7-5-,12-8-. The molecule has 0 amide bonds. The van der Waals surface area contributed by atoms with Crippen LogP contribution in [0.4, 0.5) is 5.69 Å². The summed E-state index contributed by atoms with van der Waals surface area (Å²) >= 11 is 0. The number of benzene rings is 1. The zero-order valence-electron chi connectivity index (χ0n) is 10.6. The molecule has 0 fully saturated rings. The predicted molar refractivity (Wildman–Crippen MR) is 76.9 cm³/mol. The third-order valence-electron chi connectivity index (χ3n) is 2.46. The maximum Gasteiger partial charge on any atom is 0.0484 e. The molecule has 1 rings (SSSR count). The first-order chi connectivity index (χ1) is 8.20. The van der Waals surface area contributed by atoms with Gasteiger partial charge in [-0.15, -0.1) is 0 Å². The van der Waals surface area contributed by atoms with E-state index in [0.717, 1.165) is 11.4 Å². The van der Waals surface area contributed by atoms with Crippen molar-refractivity contribution in [3.05, 3.63) is 79.2 Å². The molecule has 0 unspecified atom stereocenters. The summed E-state index contributed by atoms with van der Waals surface area (Å²) in [5.74, 6) is 0. The van der Waals surface area contributed by atoms with E-state index in [1.54, 1.807) is 6.20 Å². The van der Waals surface area contributed by atoms with Crippen molar-refractivity contribution in [2.24, 2.45) is 0 Å². The molecule has 0 spiro atoms. The fraction of sp³-hybridized carbons (Fsp3) is 0.125. The van der Waals surface area contributed by atoms with Gasteiger partial charge in [-0.3, -0.25) is 0 Å². The number of allylic oxidation sites excluding steroid dienone is 4. The lowest BCUT2D eigenvalue weighted by atomic mass is 10.1. The molecule has 0 saturated carbocycles. The van der Waals surface area contributed by atoms with Crippen molar-refractivity contribution in [2.75, 3.05) is 4.90 Å². The van der Waals surface area contributed by atoms with Gasteiger partial charge in [-0.25, -0.2) is 0 Å². The van der Waals surface area contributed by atoms with Gasteiger partial charge >= 0.3 is 0 Å². The number of para-hydroxylation sites is 1. The second kappa shape index (κ2) is 6.54. The average molecular weight is 225 g/mol. The molecule has 1 heteroatoms. The van der Waals surface area contributed by atoms with Gasteiger partial charge in [0.1, 0.15) is 0 Å². The van der Waals surface area contributed by atoms with E-state index in [4.69, 9.17) is 0 Å². The smallest absolute Gasteiger partial charge is 0.0484 e. The molecule has 0 atom stereocenters. The van der Waals surface area contributed by atoms with Gasteiger partial charge < -0.3 is 4.90 Å². The number of hydrogen-bond donors (Lipinski definition) is 0. The monoisotopic (exact) mass is 225 g/mol. The highest BCUT2D eigenvalue weighted by molar-refractivity contribution is 5.61. The fourth-order valence-electron chi connectivity index (χ4n) is 1.56. The molecule has 0 N–H and O–H groups in total. The van der Waals surface area contributed by atoms with E-state index in [1.807, 2.05) is 48.3 Å². The van der Waals surface area contributed by atoms with Gasteiger partial charge in [0.05, 0.1) is 0 Å². The van der Waals surface area contributed by atoms with Crippen LogP contribution in [-0.4, -0.2) is 0 Å². The molecule has 1 aromatic carbocycles. The van der Waals surface area contributed by atoms with Crippen LogP contribution < -0.4 is 4.90 Å². The third kappa shape index (κ3) is 3.49. The molecule has 88 valence electrons. The lowest BCUT2D eigenvalue weighted by Crippen LogP contribution is -2.13. The van der Waals surface area contributed by atoms with Gasteiger partial charge in [-0.05, 0) is 31.6 Å². The molecule has 0 aromatic heterocycles. The maximum atomic E-state index is 4.05. The Morgan fingerprint density at radius 2 is 1.94 bits per heavy atom. The Bertz CT molecular complexity index is 452. The Kier molecular flexibility index (Phi) is 5.02. The largest absolute Gasteiger partial charge is 0.318 e. The molecule has 0 aliphatic carbocycles. The van der Waals surface area contributed by atoms with Crippen molar-refractivity contribution in [1.82, 2.24) is 0 Å². The van der Waals surface area contributed by atoms with Crippen molar-refractivity contribution < 1.29 is 0 Å². The molecule has 0 aliphatic heterocycles. The van der Waals surface area contributed by atoms with Gasteiger partial charge in [0.15, 0.2) is 0 Å². The van der Waals surface area contributed by atoms with Gasteiger partial charge in [-0.2, -0.15) is 0 Å². The number of hydrogen-bond acceptors (Lipinski definition) is 1. The molecule has 1 nitrogen and oxygen atoms in total. The number of aryl methyl sites for hydroxylation is 1. The minimum Gasteiger partial charge on any atom is -0.318 e. The van der Waals surface area contributed by atoms with E-state index >= 15 is 0 Å². The Labute approximate surface area is 104 Å². The number of rotatable bonds is 5. The van der Waals surface area contributed by atoms with E-state index in [0.29, 0.717) is 0 Å². The Morgan fingerprint density at radius 1 is 1.24 bits per heavy atom. The molecule has 0 bridgehead atoms. The summed E-state index contributed by atoms with van der Waals surface area (Å²) in [5.41, 5.74) is 3.21. The van der Waals surface area contributed by atoms with E-state index < -0.39 is 0 Å². The zero-order valence-corrected chi connectivity index (χ0v) is 10.6. The SMILES string of the molecule is C=CN(C(=C)/C=C\C=C/C)c1ccccc1C. The summed E-state index contributed by atoms with van der Waals surface area (Å²) in [4.78, 5) is 1.98. The van der Waals surface area contributed by atoms with Gasteiger partial charge in [0.25, 0.3) is 0 Å². The molecule has 0 saturated heterocycles. The lowest BCUT2D eigenvalue weighted by molar-refractivity contribution is 1.19. The van der Waals surface area contributed by atoms with Crippen molar-refractivity contribution in [2.45, 2.75) is 13.8 Å². The molecule has 0 heterocycles. The topological polar surface area (TPSA) is 3.24 Å². The summed E-state index contributed by atoms with van der Waals surface area (Å²) in [5, 5.41) is 0. The lowest BCUT2D eigenvalue weighted by Gasteiger charge is -2.22. The summed E-state index contributed by atoms with van der Waals surface area (Å²) in [7, 11) is 0. The second-order valence-electron chi connectivity index (χ2n) is 3.72. The Morgan fingerprint density at radius 3 is 2.53 bits per heavy atom. The van der Waals surface area contributed by atoms with Crippen LogP contribution in [0, 0.1) is 6.92 Å². The highest BCUT2D eigenvalue weighted by Crippen LogP contribution is 2.23. The van der Waals surface area contributed by atoms with Crippen LogP contribution in [-0.2, 0) is 0 Å². The Balaban J connectivity index is 2.96. The maximum absolute atomic E-state index is 4.05. The van der Waals surface area contributed by atoms with Crippen LogP contribution in [0.15, 0.2) is 73.6 Å². The highest BCUT2D eigenvalue weighted by Gasteiger charge is 2.06. The molecule has 1 aromatic rings. The number of nitrogens with zero attached hydrogens (tertiary/aromatic N) is 1. The van der Waals surface area contributed by atoms with E-state index in [9.17, 15) is 0 Å². The third-order valence-corrected chi connectivity index (χ3v) is 2.46. The van der Waals surface area contributed by atoms with Crippen LogP contribution in [0.25, 0.3) is 0 Å². The van der Waals surface area contributed by atoms with Crippen molar-refractivity contribution in [1.29, 1.82) is 0 Å². The van der Waals surface area contributed by atoms with Crippen LogP contribution in [0.3, 0.4) is 0 Å². The van der Waals surface area contributed by atoms with Crippen LogP contribution in [0.2, 0.25) is 0 Å². The van der Waals surface area contributed by atoms with E-state index in [-0.39, 0.29) is 0 Å². The minimum absolute atomic E-state index is 0.896. The van der Waals surface area contributed by atoms with E-state index in [1.165, 1.54) is 5.56 Å². The normalized spacial score (nSPS) is 10.9. The number of anilines is 1. The summed E-state index contributed by atoms with van der Waals surface area (Å²) in [6.07, 6.45) is 9.68. The quantitative estimate of drug-likeness (QED) is 0.662. The van der Waals surface area contributed by atoms with Crippen LogP contribution in [0.5, 0.6) is 0 Å². The van der Waals surface area contributed by atoms with Crippen molar-refractivity contribution in [3.63, 3.8) is 0 Å². The fourth-order valence-corrected chi connectivity index (χ4v) is 1.56. The highest BCUT2D eigenvalue weighted by atomic mass is 15.1. The minimum atomic E-state index is 0.896. The van der Waals surface area contributed by atoms with Crippen molar-refractivity contribution >= 4 is 5.69 Å².